The van der Waals surface area contributed by atoms with Gasteiger partial charge in [-0.25, -0.2) is 9.59 Å². The molecule has 4 nitrogen and oxygen atoms in total. The second-order valence-corrected chi connectivity index (χ2v) is 3.75. The molecule has 0 aliphatic carbocycles. The Labute approximate surface area is 115 Å². The molecule has 0 heterocycles. The van der Waals surface area contributed by atoms with Crippen LogP contribution >= 0.6 is 0 Å². The van der Waals surface area contributed by atoms with Crippen molar-refractivity contribution in [2.75, 3.05) is 13.2 Å². The van der Waals surface area contributed by atoms with E-state index in [1.54, 1.807) is 6.92 Å². The van der Waals surface area contributed by atoms with Crippen molar-refractivity contribution in [3.8, 4) is 0 Å². The lowest BCUT2D eigenvalue weighted by Crippen LogP contribution is -2.03. The number of carbonyl (C=O) groups is 2. The second-order valence-electron chi connectivity index (χ2n) is 3.75. The summed E-state index contributed by atoms with van der Waals surface area (Å²) in [5.41, 5.74) is 0.414. The zero-order valence-corrected chi connectivity index (χ0v) is 11.9. The average Bonchev–Trinajstić information content (AvgIpc) is 2.41. The molecule has 4 heteroatoms. The van der Waals surface area contributed by atoms with Crippen LogP contribution in [0.25, 0.3) is 0 Å². The average molecular weight is 268 g/mol. The Morgan fingerprint density at radius 3 is 2.21 bits per heavy atom. The van der Waals surface area contributed by atoms with Crippen molar-refractivity contribution in [2.24, 2.45) is 0 Å². The second kappa shape index (κ2) is 14.2. The van der Waals surface area contributed by atoms with Crippen molar-refractivity contribution in [1.29, 1.82) is 0 Å². The highest BCUT2D eigenvalue weighted by Crippen LogP contribution is 1.94. The molecule has 108 valence electrons. The van der Waals surface area contributed by atoms with E-state index in [0.717, 1.165) is 19.3 Å². The van der Waals surface area contributed by atoms with E-state index in [9.17, 15) is 9.59 Å². The molecule has 0 bridgehead atoms. The molecular formula is C15H24O4. The first kappa shape index (κ1) is 19.5. The van der Waals surface area contributed by atoms with Gasteiger partial charge in [0.25, 0.3) is 0 Å². The summed E-state index contributed by atoms with van der Waals surface area (Å²) in [7, 11) is 0. The van der Waals surface area contributed by atoms with Gasteiger partial charge in [-0.05, 0) is 13.3 Å². The fourth-order valence-electron chi connectivity index (χ4n) is 0.842. The van der Waals surface area contributed by atoms with Crippen LogP contribution in [-0.2, 0) is 19.1 Å². The molecule has 0 amide bonds. The summed E-state index contributed by atoms with van der Waals surface area (Å²) in [5.74, 6) is -0.689. The van der Waals surface area contributed by atoms with Crippen molar-refractivity contribution >= 4 is 11.9 Å². The van der Waals surface area contributed by atoms with Crippen LogP contribution in [0.5, 0.6) is 0 Å². The third kappa shape index (κ3) is 16.2. The first-order chi connectivity index (χ1) is 8.99. The van der Waals surface area contributed by atoms with E-state index in [1.807, 2.05) is 0 Å². The van der Waals surface area contributed by atoms with E-state index in [-0.39, 0.29) is 18.5 Å². The number of rotatable bonds is 8. The monoisotopic (exact) mass is 268 g/mol. The standard InChI is InChI=1S/C8H14O2.C7H10O2/c1-3-5-6-7-10-8(9)4-2;1-4-5-9-7(8)6(2)3/h4H,2-3,5-7H2,1H3;4H,1-2,5H2,3H3. The van der Waals surface area contributed by atoms with Crippen molar-refractivity contribution in [3.05, 3.63) is 37.5 Å². The smallest absolute Gasteiger partial charge is 0.333 e. The number of hydrogen-bond donors (Lipinski definition) is 0. The Hall–Kier alpha value is -1.84. The summed E-state index contributed by atoms with van der Waals surface area (Å²) >= 11 is 0. The zero-order valence-electron chi connectivity index (χ0n) is 11.9. The largest absolute Gasteiger partial charge is 0.463 e. The molecule has 0 spiro atoms. The molecule has 0 fully saturated rings. The first-order valence-corrected chi connectivity index (χ1v) is 6.22. The van der Waals surface area contributed by atoms with Crippen LogP contribution in [0.1, 0.15) is 33.1 Å². The number of hydrogen-bond acceptors (Lipinski definition) is 4. The van der Waals surface area contributed by atoms with E-state index in [2.05, 4.69) is 31.4 Å². The fourth-order valence-corrected chi connectivity index (χ4v) is 0.842. The van der Waals surface area contributed by atoms with Gasteiger partial charge in [-0.3, -0.25) is 0 Å². The Bertz CT molecular complexity index is 305. The lowest BCUT2D eigenvalue weighted by molar-refractivity contribution is -0.138. The predicted molar refractivity (Wildman–Crippen MR) is 76.7 cm³/mol. The number of esters is 2. The van der Waals surface area contributed by atoms with Crippen LogP contribution < -0.4 is 0 Å². The minimum absolute atomic E-state index is 0.256. The number of ether oxygens (including phenoxy) is 2. The summed E-state index contributed by atoms with van der Waals surface area (Å²) in [5, 5.41) is 0. The fraction of sp³-hybridized carbons (Fsp3) is 0.467. The molecule has 0 atom stereocenters. The maximum Gasteiger partial charge on any atom is 0.333 e. The molecule has 0 unspecified atom stereocenters. The van der Waals surface area contributed by atoms with Gasteiger partial charge in [0.05, 0.1) is 6.61 Å². The van der Waals surface area contributed by atoms with Crippen LogP contribution in [0, 0.1) is 0 Å². The molecule has 0 rings (SSSR count). The Morgan fingerprint density at radius 2 is 1.79 bits per heavy atom. The maximum atomic E-state index is 10.5. The third-order valence-electron chi connectivity index (χ3n) is 1.84. The zero-order chi connectivity index (χ0) is 15.1. The van der Waals surface area contributed by atoms with Gasteiger partial charge in [0, 0.05) is 11.6 Å². The molecule has 0 saturated carbocycles. The molecule has 0 aliphatic heterocycles. The van der Waals surface area contributed by atoms with Gasteiger partial charge in [0.1, 0.15) is 6.61 Å². The van der Waals surface area contributed by atoms with E-state index >= 15 is 0 Å². The van der Waals surface area contributed by atoms with E-state index < -0.39 is 0 Å². The first-order valence-electron chi connectivity index (χ1n) is 6.22. The topological polar surface area (TPSA) is 52.6 Å². The molecular weight excluding hydrogens is 244 g/mol. The highest BCUT2D eigenvalue weighted by molar-refractivity contribution is 5.86. The maximum absolute atomic E-state index is 10.5. The molecule has 0 aromatic heterocycles. The normalized spacial score (nSPS) is 8.53. The summed E-state index contributed by atoms with van der Waals surface area (Å²) in [4.78, 5) is 21.0. The van der Waals surface area contributed by atoms with Gasteiger partial charge < -0.3 is 9.47 Å². The van der Waals surface area contributed by atoms with Crippen LogP contribution in [0.3, 0.4) is 0 Å². The lowest BCUT2D eigenvalue weighted by atomic mass is 10.3. The molecule has 0 radical (unpaired) electrons. The predicted octanol–water partition coefficient (Wildman–Crippen LogP) is 3.20. The SMILES string of the molecule is C=CC(=O)OCCCCC.C=CCOC(=O)C(=C)C. The summed E-state index contributed by atoms with van der Waals surface area (Å²) < 4.78 is 9.33. The molecule has 0 aliphatic rings. The van der Waals surface area contributed by atoms with E-state index in [4.69, 9.17) is 4.74 Å². The number of carbonyl (C=O) groups excluding carboxylic acids is 2. The molecule has 0 saturated heterocycles. The van der Waals surface area contributed by atoms with Gasteiger partial charge in [-0.1, -0.05) is 45.6 Å². The quantitative estimate of drug-likeness (QED) is 0.293. The molecule has 0 aromatic carbocycles. The van der Waals surface area contributed by atoms with Crippen LogP contribution in [0.4, 0.5) is 0 Å². The highest BCUT2D eigenvalue weighted by Gasteiger charge is 1.98. The molecule has 19 heavy (non-hydrogen) atoms. The van der Waals surface area contributed by atoms with Crippen molar-refractivity contribution in [2.45, 2.75) is 33.1 Å². The van der Waals surface area contributed by atoms with Crippen molar-refractivity contribution in [3.63, 3.8) is 0 Å². The Balaban J connectivity index is 0. The van der Waals surface area contributed by atoms with Gasteiger partial charge >= 0.3 is 11.9 Å². The summed E-state index contributed by atoms with van der Waals surface area (Å²) in [6, 6.07) is 0. The minimum atomic E-state index is -0.366. The van der Waals surface area contributed by atoms with Crippen LogP contribution in [-0.4, -0.2) is 25.2 Å². The minimum Gasteiger partial charge on any atom is -0.463 e. The lowest BCUT2D eigenvalue weighted by Gasteiger charge is -1.98. The summed E-state index contributed by atoms with van der Waals surface area (Å²) in [6.45, 7) is 14.6. The van der Waals surface area contributed by atoms with Gasteiger partial charge in [0.2, 0.25) is 0 Å². The van der Waals surface area contributed by atoms with Crippen LogP contribution in [0.2, 0.25) is 0 Å². The Kier molecular flexibility index (Phi) is 14.6. The van der Waals surface area contributed by atoms with Gasteiger partial charge in [0.15, 0.2) is 0 Å². The van der Waals surface area contributed by atoms with Gasteiger partial charge in [-0.15, -0.1) is 0 Å². The van der Waals surface area contributed by atoms with E-state index in [1.165, 1.54) is 12.2 Å². The van der Waals surface area contributed by atoms with Crippen LogP contribution in [0.15, 0.2) is 37.5 Å². The molecule has 0 aromatic rings. The van der Waals surface area contributed by atoms with Crippen molar-refractivity contribution < 1.29 is 19.1 Å². The third-order valence-corrected chi connectivity index (χ3v) is 1.84. The highest BCUT2D eigenvalue weighted by atomic mass is 16.5. The molecule has 0 N–H and O–H groups in total. The van der Waals surface area contributed by atoms with Crippen molar-refractivity contribution in [1.82, 2.24) is 0 Å². The number of unbranched alkanes of at least 4 members (excludes halogenated alkanes) is 2. The Morgan fingerprint density at radius 1 is 1.16 bits per heavy atom. The summed E-state index contributed by atoms with van der Waals surface area (Å²) in [6.07, 6.45) is 5.92. The van der Waals surface area contributed by atoms with Gasteiger partial charge in [-0.2, -0.15) is 0 Å². The van der Waals surface area contributed by atoms with E-state index in [0.29, 0.717) is 12.2 Å².